The van der Waals surface area contributed by atoms with Crippen LogP contribution in [0.4, 0.5) is 0 Å². The summed E-state index contributed by atoms with van der Waals surface area (Å²) in [6, 6.07) is 0.311. The summed E-state index contributed by atoms with van der Waals surface area (Å²) < 4.78 is 22.6. The van der Waals surface area contributed by atoms with Gasteiger partial charge in [0, 0.05) is 25.7 Å². The fourth-order valence-electron chi connectivity index (χ4n) is 1.20. The fraction of sp³-hybridized carbons (Fsp3) is 0.727. The van der Waals surface area contributed by atoms with Gasteiger partial charge in [-0.2, -0.15) is 0 Å². The van der Waals surface area contributed by atoms with Gasteiger partial charge in [0.1, 0.15) is 0 Å². The summed E-state index contributed by atoms with van der Waals surface area (Å²) in [5, 5.41) is 13.0. The molecule has 0 amide bonds. The molecule has 0 fully saturated rings. The maximum Gasteiger partial charge on any atom is 0.203 e. The van der Waals surface area contributed by atoms with Crippen molar-refractivity contribution in [2.45, 2.75) is 39.3 Å². The van der Waals surface area contributed by atoms with E-state index in [0.29, 0.717) is 6.54 Å². The number of thiol groups is 1. The third-order valence-corrected chi connectivity index (χ3v) is 3.53. The second kappa shape index (κ2) is 8.93. The zero-order chi connectivity index (χ0) is 14.1. The maximum absolute atomic E-state index is 10.6. The lowest BCUT2D eigenvalue weighted by molar-refractivity contribution is 0.446. The Morgan fingerprint density at radius 2 is 2.00 bits per heavy atom. The van der Waals surface area contributed by atoms with Crippen LogP contribution in [0.15, 0.2) is 11.8 Å². The minimum atomic E-state index is -2.47. The minimum Gasteiger partial charge on any atom is -0.388 e. The van der Waals surface area contributed by atoms with Crippen molar-refractivity contribution in [1.82, 2.24) is 14.9 Å². The first-order valence-electron chi connectivity index (χ1n) is 5.91. The van der Waals surface area contributed by atoms with Crippen LogP contribution in [0.3, 0.4) is 0 Å². The summed E-state index contributed by atoms with van der Waals surface area (Å²) >= 11 is 0. The van der Waals surface area contributed by atoms with Crippen molar-refractivity contribution in [2.24, 2.45) is 0 Å². The van der Waals surface area contributed by atoms with Gasteiger partial charge < -0.3 is 10.6 Å². The summed E-state index contributed by atoms with van der Waals surface area (Å²) in [7, 11) is -0.909. The van der Waals surface area contributed by atoms with Gasteiger partial charge >= 0.3 is 0 Å². The van der Waals surface area contributed by atoms with E-state index in [4.69, 9.17) is 5.41 Å². The second-order valence-electron chi connectivity index (χ2n) is 4.40. The fourth-order valence-corrected chi connectivity index (χ4v) is 1.48. The third-order valence-electron chi connectivity index (χ3n) is 2.78. The van der Waals surface area contributed by atoms with Gasteiger partial charge in [0.05, 0.1) is 6.34 Å². The highest BCUT2D eigenvalue weighted by Gasteiger charge is 2.05. The Kier molecular flexibility index (Phi) is 8.40. The quantitative estimate of drug-likeness (QED) is 0.277. The Bertz CT molecular complexity index is 347. The van der Waals surface area contributed by atoms with Crippen LogP contribution in [0.5, 0.6) is 0 Å². The lowest BCUT2D eigenvalue weighted by atomic mass is 10.1. The minimum absolute atomic E-state index is 0.112. The summed E-state index contributed by atoms with van der Waals surface area (Å²) in [6.45, 7) is 6.46. The number of hydrogen-bond donors (Lipinski definition) is 4. The van der Waals surface area contributed by atoms with Gasteiger partial charge in [-0.05, 0) is 39.0 Å². The maximum atomic E-state index is 10.6. The first kappa shape index (κ1) is 16.9. The van der Waals surface area contributed by atoms with Crippen molar-refractivity contribution < 1.29 is 8.42 Å². The molecule has 0 aromatic carbocycles. The Morgan fingerprint density at radius 1 is 1.39 bits per heavy atom. The van der Waals surface area contributed by atoms with Crippen LogP contribution < -0.4 is 10.6 Å². The number of rotatable bonds is 9. The Morgan fingerprint density at radius 3 is 2.50 bits per heavy atom. The molecule has 0 rings (SSSR count). The molecular weight excluding hydrogens is 252 g/mol. The normalized spacial score (nSPS) is 15.6. The number of nitrogens with one attached hydrogen (secondary N) is 3. The van der Waals surface area contributed by atoms with Crippen LogP contribution in [-0.4, -0.2) is 44.7 Å². The lowest BCUT2D eigenvalue weighted by Gasteiger charge is -2.17. The molecule has 0 aromatic rings. The molecule has 0 aliphatic rings. The van der Waals surface area contributed by atoms with Gasteiger partial charge in [-0.3, -0.25) is 5.41 Å². The molecular formula is C11H24N4O2S. The molecule has 3 N–H and O–H groups in total. The highest BCUT2D eigenvalue weighted by molar-refractivity contribution is 7.69. The van der Waals surface area contributed by atoms with Crippen molar-refractivity contribution in [3.8, 4) is 0 Å². The first-order chi connectivity index (χ1) is 8.38. The molecule has 0 aromatic heterocycles. The summed E-state index contributed by atoms with van der Waals surface area (Å²) in [5.41, 5.74) is 1.09. The second-order valence-corrected chi connectivity index (χ2v) is 5.56. The first-order valence-corrected chi connectivity index (χ1v) is 7.04. The molecule has 0 saturated heterocycles. The van der Waals surface area contributed by atoms with Crippen molar-refractivity contribution in [2.75, 3.05) is 13.6 Å². The van der Waals surface area contributed by atoms with E-state index in [2.05, 4.69) is 10.6 Å². The Hall–Kier alpha value is -1.08. The molecule has 0 aliphatic heterocycles. The zero-order valence-electron chi connectivity index (χ0n) is 11.4. The van der Waals surface area contributed by atoms with Gasteiger partial charge in [0.25, 0.3) is 0 Å². The van der Waals surface area contributed by atoms with E-state index in [1.807, 2.05) is 27.0 Å². The number of hydrogen-bond acceptors (Lipinski definition) is 4. The van der Waals surface area contributed by atoms with Gasteiger partial charge in [-0.1, -0.05) is 0 Å². The Balaban J connectivity index is 4.05. The summed E-state index contributed by atoms with van der Waals surface area (Å²) in [6.07, 6.45) is 3.82. The highest BCUT2D eigenvalue weighted by Crippen LogP contribution is 2.00. The van der Waals surface area contributed by atoms with Crippen LogP contribution in [0, 0.1) is 5.41 Å². The van der Waals surface area contributed by atoms with Gasteiger partial charge in [-0.15, -0.1) is 0 Å². The SMILES string of the molecule is C/C(=C\NC(C)CCN(C)[SH](=O)=O)C(C)NC=N. The molecule has 6 nitrogen and oxygen atoms in total. The molecule has 0 saturated carbocycles. The predicted molar refractivity (Wildman–Crippen MR) is 75.3 cm³/mol. The molecule has 18 heavy (non-hydrogen) atoms. The van der Waals surface area contributed by atoms with Gasteiger partial charge in [-0.25, -0.2) is 12.7 Å². The average molecular weight is 276 g/mol. The topological polar surface area (TPSA) is 85.3 Å². The smallest absolute Gasteiger partial charge is 0.203 e. The van der Waals surface area contributed by atoms with Crippen LogP contribution in [0.2, 0.25) is 0 Å². The third kappa shape index (κ3) is 7.29. The van der Waals surface area contributed by atoms with Crippen LogP contribution >= 0.6 is 0 Å². The van der Waals surface area contributed by atoms with Crippen molar-refractivity contribution >= 4 is 17.2 Å². The number of nitrogens with zero attached hydrogens (tertiary/aromatic N) is 1. The van der Waals surface area contributed by atoms with E-state index in [9.17, 15) is 8.42 Å². The van der Waals surface area contributed by atoms with Crippen molar-refractivity contribution in [3.63, 3.8) is 0 Å². The predicted octanol–water partition coefficient (Wildman–Crippen LogP) is 0.302. The van der Waals surface area contributed by atoms with E-state index in [-0.39, 0.29) is 12.1 Å². The van der Waals surface area contributed by atoms with Gasteiger partial charge in [0.15, 0.2) is 0 Å². The Labute approximate surface area is 111 Å². The average Bonchev–Trinajstić information content (AvgIpc) is 2.32. The van der Waals surface area contributed by atoms with Crippen LogP contribution in [0.1, 0.15) is 27.2 Å². The van der Waals surface area contributed by atoms with Crippen LogP contribution in [0.25, 0.3) is 0 Å². The van der Waals surface area contributed by atoms with E-state index < -0.39 is 10.9 Å². The van der Waals surface area contributed by atoms with Crippen molar-refractivity contribution in [1.29, 1.82) is 5.41 Å². The summed E-state index contributed by atoms with van der Waals surface area (Å²) in [4.78, 5) is 0. The summed E-state index contributed by atoms with van der Waals surface area (Å²) in [5.74, 6) is 0. The monoisotopic (exact) mass is 276 g/mol. The molecule has 0 bridgehead atoms. The molecule has 2 atom stereocenters. The molecule has 0 spiro atoms. The molecule has 0 heterocycles. The molecule has 0 radical (unpaired) electrons. The lowest BCUT2D eigenvalue weighted by Crippen LogP contribution is -2.30. The van der Waals surface area contributed by atoms with E-state index in [1.54, 1.807) is 7.05 Å². The van der Waals surface area contributed by atoms with Crippen molar-refractivity contribution in [3.05, 3.63) is 11.8 Å². The largest absolute Gasteiger partial charge is 0.388 e. The molecule has 106 valence electrons. The van der Waals surface area contributed by atoms with Gasteiger partial charge in [0.2, 0.25) is 10.9 Å². The zero-order valence-corrected chi connectivity index (χ0v) is 12.3. The van der Waals surface area contributed by atoms with Crippen LogP contribution in [-0.2, 0) is 10.9 Å². The van der Waals surface area contributed by atoms with E-state index >= 15 is 0 Å². The van der Waals surface area contributed by atoms with E-state index in [0.717, 1.165) is 12.0 Å². The molecule has 7 heteroatoms. The standard InChI is InChI=1S/C11H24N4O2S/c1-9(11(3)14-8-12)7-13-10(2)5-6-15(4)18(16)17/h7-8,10-11,13,18H,5-6H2,1-4H3,(H2,12,14)/b9-7+. The molecule has 2 unspecified atom stereocenters. The van der Waals surface area contributed by atoms with E-state index in [1.165, 1.54) is 10.6 Å². The molecule has 0 aliphatic carbocycles. The highest BCUT2D eigenvalue weighted by atomic mass is 32.2.